The Balaban J connectivity index is 1.65. The molecule has 7 heteroatoms. The number of nitrogens with one attached hydrogen (secondary N) is 3. The van der Waals surface area contributed by atoms with Crippen LogP contribution in [0, 0.1) is 6.92 Å². The van der Waals surface area contributed by atoms with E-state index in [-0.39, 0.29) is 17.5 Å². The van der Waals surface area contributed by atoms with Gasteiger partial charge < -0.3 is 16.0 Å². The van der Waals surface area contributed by atoms with E-state index in [1.165, 1.54) is 6.92 Å². The van der Waals surface area contributed by atoms with Gasteiger partial charge in [0, 0.05) is 24.0 Å². The Kier molecular flexibility index (Phi) is 5.41. The van der Waals surface area contributed by atoms with Crippen molar-refractivity contribution in [3.8, 4) is 0 Å². The number of nitrogens with zero attached hydrogens (tertiary/aromatic N) is 2. The summed E-state index contributed by atoms with van der Waals surface area (Å²) in [6.07, 6.45) is 0. The van der Waals surface area contributed by atoms with Gasteiger partial charge in [0.15, 0.2) is 11.5 Å². The zero-order chi connectivity index (χ0) is 19.2. The third-order valence-corrected chi connectivity index (χ3v) is 3.66. The van der Waals surface area contributed by atoms with E-state index in [0.717, 1.165) is 11.3 Å². The molecule has 0 bridgehead atoms. The fourth-order valence-corrected chi connectivity index (χ4v) is 2.38. The van der Waals surface area contributed by atoms with Crippen LogP contribution in [-0.2, 0) is 4.79 Å². The van der Waals surface area contributed by atoms with Crippen LogP contribution in [0.4, 0.5) is 22.9 Å². The molecule has 1 aromatic heterocycles. The molecule has 0 saturated carbocycles. The van der Waals surface area contributed by atoms with Crippen LogP contribution in [0.3, 0.4) is 0 Å². The van der Waals surface area contributed by atoms with E-state index in [2.05, 4.69) is 26.1 Å². The van der Waals surface area contributed by atoms with Crippen molar-refractivity contribution in [3.05, 3.63) is 71.9 Å². The molecule has 3 rings (SSSR count). The highest BCUT2D eigenvalue weighted by molar-refractivity contribution is 6.02. The minimum absolute atomic E-state index is 0.143. The molecule has 136 valence electrons. The molecule has 0 saturated heterocycles. The fourth-order valence-electron chi connectivity index (χ4n) is 2.38. The van der Waals surface area contributed by atoms with Crippen LogP contribution in [0.5, 0.6) is 0 Å². The third-order valence-electron chi connectivity index (χ3n) is 3.66. The van der Waals surface area contributed by atoms with E-state index in [9.17, 15) is 9.59 Å². The lowest BCUT2D eigenvalue weighted by molar-refractivity contribution is -0.114. The Bertz CT molecular complexity index is 953. The van der Waals surface area contributed by atoms with Crippen LogP contribution in [0.1, 0.15) is 23.0 Å². The molecule has 0 aliphatic rings. The largest absolute Gasteiger partial charge is 0.339 e. The van der Waals surface area contributed by atoms with Gasteiger partial charge in [-0.3, -0.25) is 9.59 Å². The third kappa shape index (κ3) is 5.12. The first-order valence-corrected chi connectivity index (χ1v) is 8.36. The molecular weight excluding hydrogens is 342 g/mol. The average Bonchev–Trinajstić information content (AvgIpc) is 2.64. The predicted octanol–water partition coefficient (Wildman–Crippen LogP) is 3.74. The van der Waals surface area contributed by atoms with Crippen LogP contribution in [-0.4, -0.2) is 22.0 Å². The minimum Gasteiger partial charge on any atom is -0.339 e. The Morgan fingerprint density at radius 1 is 0.815 bits per heavy atom. The average molecular weight is 361 g/mol. The van der Waals surface area contributed by atoms with E-state index in [4.69, 9.17) is 0 Å². The monoisotopic (exact) mass is 361 g/mol. The molecule has 0 spiro atoms. The van der Waals surface area contributed by atoms with Crippen molar-refractivity contribution in [2.75, 3.05) is 16.0 Å². The molecule has 27 heavy (non-hydrogen) atoms. The molecule has 2 amide bonds. The number of anilines is 4. The van der Waals surface area contributed by atoms with Crippen LogP contribution >= 0.6 is 0 Å². The number of aryl methyl sites for hydroxylation is 1. The van der Waals surface area contributed by atoms with Gasteiger partial charge in [-0.2, -0.15) is 0 Å². The summed E-state index contributed by atoms with van der Waals surface area (Å²) in [7, 11) is 0. The van der Waals surface area contributed by atoms with Gasteiger partial charge in [0.1, 0.15) is 0 Å². The lowest BCUT2D eigenvalue weighted by Gasteiger charge is -2.08. The number of carbonyl (C=O) groups is 2. The summed E-state index contributed by atoms with van der Waals surface area (Å²) < 4.78 is 0. The maximum Gasteiger partial charge on any atom is 0.276 e. The van der Waals surface area contributed by atoms with Crippen molar-refractivity contribution in [1.82, 2.24) is 10.2 Å². The van der Waals surface area contributed by atoms with Crippen LogP contribution in [0.15, 0.2) is 60.7 Å². The summed E-state index contributed by atoms with van der Waals surface area (Å²) in [4.78, 5) is 23.4. The first-order valence-electron chi connectivity index (χ1n) is 8.36. The Labute approximate surface area is 156 Å². The molecule has 0 fully saturated rings. The van der Waals surface area contributed by atoms with Crippen LogP contribution < -0.4 is 16.0 Å². The second-order valence-electron chi connectivity index (χ2n) is 6.01. The number of benzene rings is 2. The fraction of sp³-hybridized carbons (Fsp3) is 0.100. The van der Waals surface area contributed by atoms with E-state index in [1.807, 2.05) is 43.3 Å². The molecule has 0 radical (unpaired) electrons. The Morgan fingerprint density at radius 3 is 2.22 bits per heavy atom. The number of carbonyl (C=O) groups excluding carboxylic acids is 2. The molecule has 7 nitrogen and oxygen atoms in total. The summed E-state index contributed by atoms with van der Waals surface area (Å²) in [5.41, 5.74) is 3.45. The standard InChI is InChI=1S/C20H19N5O2/c1-13-6-8-15(9-7-13)23-20(27)18-10-11-19(25-24-18)22-17-5-3-4-16(12-17)21-14(2)26/h3-12H,1-2H3,(H,21,26)(H,22,25)(H,23,27). The summed E-state index contributed by atoms with van der Waals surface area (Å²) >= 11 is 0. The second kappa shape index (κ2) is 8.09. The van der Waals surface area contributed by atoms with Gasteiger partial charge in [0.2, 0.25) is 5.91 Å². The summed E-state index contributed by atoms with van der Waals surface area (Å²) in [6, 6.07) is 18.0. The molecule has 0 aliphatic carbocycles. The molecule has 1 heterocycles. The quantitative estimate of drug-likeness (QED) is 0.643. The van der Waals surface area contributed by atoms with Crippen molar-refractivity contribution in [2.24, 2.45) is 0 Å². The number of aromatic nitrogens is 2. The zero-order valence-corrected chi connectivity index (χ0v) is 15.0. The van der Waals surface area contributed by atoms with Gasteiger partial charge in [-0.15, -0.1) is 10.2 Å². The topological polar surface area (TPSA) is 96.0 Å². The smallest absolute Gasteiger partial charge is 0.276 e. The number of hydrogen-bond donors (Lipinski definition) is 3. The first-order chi connectivity index (χ1) is 13.0. The van der Waals surface area contributed by atoms with Crippen molar-refractivity contribution < 1.29 is 9.59 Å². The summed E-state index contributed by atoms with van der Waals surface area (Å²) in [5.74, 6) is 0.0169. The molecule has 0 aliphatic heterocycles. The molecule has 3 aromatic rings. The minimum atomic E-state index is -0.328. The zero-order valence-electron chi connectivity index (χ0n) is 15.0. The number of hydrogen-bond acceptors (Lipinski definition) is 5. The first kappa shape index (κ1) is 18.1. The summed E-state index contributed by atoms with van der Waals surface area (Å²) in [6.45, 7) is 3.43. The van der Waals surface area contributed by atoms with Crippen molar-refractivity contribution in [1.29, 1.82) is 0 Å². The second-order valence-corrected chi connectivity index (χ2v) is 6.01. The van der Waals surface area contributed by atoms with Crippen molar-refractivity contribution >= 4 is 34.7 Å². The maximum atomic E-state index is 12.2. The van der Waals surface area contributed by atoms with Gasteiger partial charge in [0.05, 0.1) is 0 Å². The van der Waals surface area contributed by atoms with E-state index < -0.39 is 0 Å². The van der Waals surface area contributed by atoms with E-state index in [0.29, 0.717) is 17.2 Å². The van der Waals surface area contributed by atoms with Gasteiger partial charge >= 0.3 is 0 Å². The highest BCUT2D eigenvalue weighted by Gasteiger charge is 2.09. The predicted molar refractivity (Wildman–Crippen MR) is 105 cm³/mol. The van der Waals surface area contributed by atoms with Gasteiger partial charge in [-0.05, 0) is 49.4 Å². The van der Waals surface area contributed by atoms with Gasteiger partial charge in [-0.25, -0.2) is 0 Å². The SMILES string of the molecule is CC(=O)Nc1cccc(Nc2ccc(C(=O)Nc3ccc(C)cc3)nn2)c1. The highest BCUT2D eigenvalue weighted by Crippen LogP contribution is 2.19. The Morgan fingerprint density at radius 2 is 1.56 bits per heavy atom. The maximum absolute atomic E-state index is 12.2. The lowest BCUT2D eigenvalue weighted by Crippen LogP contribution is -2.14. The van der Waals surface area contributed by atoms with E-state index in [1.54, 1.807) is 24.3 Å². The molecule has 0 atom stereocenters. The van der Waals surface area contributed by atoms with Crippen molar-refractivity contribution in [2.45, 2.75) is 13.8 Å². The number of amides is 2. The van der Waals surface area contributed by atoms with Crippen molar-refractivity contribution in [3.63, 3.8) is 0 Å². The number of rotatable bonds is 5. The van der Waals surface area contributed by atoms with Crippen LogP contribution in [0.2, 0.25) is 0 Å². The lowest BCUT2D eigenvalue weighted by atomic mass is 10.2. The van der Waals surface area contributed by atoms with Gasteiger partial charge in [0.25, 0.3) is 5.91 Å². The molecule has 3 N–H and O–H groups in total. The molecule has 0 unspecified atom stereocenters. The molecular formula is C20H19N5O2. The Hall–Kier alpha value is -3.74. The van der Waals surface area contributed by atoms with Gasteiger partial charge in [-0.1, -0.05) is 23.8 Å². The van der Waals surface area contributed by atoms with E-state index >= 15 is 0 Å². The molecule has 2 aromatic carbocycles. The highest BCUT2D eigenvalue weighted by atomic mass is 16.2. The van der Waals surface area contributed by atoms with Crippen LogP contribution in [0.25, 0.3) is 0 Å². The normalized spacial score (nSPS) is 10.1. The summed E-state index contributed by atoms with van der Waals surface area (Å²) in [5, 5.41) is 16.6.